The number of benzene rings is 1. The van der Waals surface area contributed by atoms with Gasteiger partial charge in [-0.15, -0.1) is 5.10 Å². The molecule has 124 valence electrons. The maximum Gasteiger partial charge on any atom is 0.224 e. The summed E-state index contributed by atoms with van der Waals surface area (Å²) in [5, 5.41) is 23.5. The number of carbonyl (C=O) groups is 1. The summed E-state index contributed by atoms with van der Waals surface area (Å²) in [6, 6.07) is 7.51. The first-order chi connectivity index (χ1) is 11.1. The number of aliphatic hydroxyl groups excluding tert-OH is 1. The number of carbonyl (C=O) groups excluding carboxylic acids is 1. The maximum absolute atomic E-state index is 12.1. The average molecular weight is 317 g/mol. The molecule has 0 saturated heterocycles. The highest BCUT2D eigenvalue weighted by atomic mass is 16.3. The van der Waals surface area contributed by atoms with Crippen LogP contribution < -0.4 is 5.32 Å². The number of rotatable bonds is 8. The predicted molar refractivity (Wildman–Crippen MR) is 86.0 cm³/mol. The molecule has 1 amide bonds. The number of amides is 1. The Hall–Kier alpha value is -2.28. The van der Waals surface area contributed by atoms with Crippen LogP contribution in [0.15, 0.2) is 30.6 Å². The molecule has 0 saturated carbocycles. The molecule has 2 aromatic rings. The fourth-order valence-electron chi connectivity index (χ4n) is 2.36. The molecular weight excluding hydrogens is 294 g/mol. The maximum atomic E-state index is 12.1. The first-order valence-electron chi connectivity index (χ1n) is 7.82. The molecule has 1 aromatic carbocycles. The third kappa shape index (κ3) is 4.35. The van der Waals surface area contributed by atoms with Crippen LogP contribution in [-0.4, -0.2) is 44.4 Å². The molecule has 23 heavy (non-hydrogen) atoms. The van der Waals surface area contributed by atoms with Crippen LogP contribution in [-0.2, 0) is 11.2 Å². The molecule has 1 heterocycles. The summed E-state index contributed by atoms with van der Waals surface area (Å²) in [7, 11) is 0. The van der Waals surface area contributed by atoms with Gasteiger partial charge in [0.15, 0.2) is 0 Å². The highest BCUT2D eigenvalue weighted by Gasteiger charge is 2.25. The minimum Gasteiger partial charge on any atom is -0.396 e. The van der Waals surface area contributed by atoms with E-state index >= 15 is 0 Å². The van der Waals surface area contributed by atoms with Gasteiger partial charge in [-0.1, -0.05) is 26.0 Å². The van der Waals surface area contributed by atoms with Crippen molar-refractivity contribution in [3.8, 4) is 5.69 Å². The fraction of sp³-hybridized carbons (Fsp3) is 0.500. The van der Waals surface area contributed by atoms with E-state index in [0.717, 1.165) is 24.1 Å². The van der Waals surface area contributed by atoms with Crippen molar-refractivity contribution in [2.24, 2.45) is 5.41 Å². The van der Waals surface area contributed by atoms with Gasteiger partial charge in [-0.25, -0.2) is 4.68 Å². The molecule has 0 aliphatic heterocycles. The molecule has 0 spiro atoms. The average Bonchev–Trinajstić information content (AvgIpc) is 3.12. The third-order valence-electron chi connectivity index (χ3n) is 4.41. The van der Waals surface area contributed by atoms with E-state index in [1.807, 2.05) is 38.1 Å². The van der Waals surface area contributed by atoms with Crippen LogP contribution in [0.1, 0.15) is 32.3 Å². The summed E-state index contributed by atoms with van der Waals surface area (Å²) >= 11 is 0. The minimum absolute atomic E-state index is 0.0418. The van der Waals surface area contributed by atoms with E-state index < -0.39 is 0 Å². The van der Waals surface area contributed by atoms with Crippen LogP contribution in [0.5, 0.6) is 0 Å². The lowest BCUT2D eigenvalue weighted by atomic mass is 9.83. The van der Waals surface area contributed by atoms with Gasteiger partial charge in [0.1, 0.15) is 6.33 Å². The molecular formula is C16H23N5O2. The summed E-state index contributed by atoms with van der Waals surface area (Å²) in [5.74, 6) is -0.0418. The molecule has 0 radical (unpaired) electrons. The van der Waals surface area contributed by atoms with Crippen molar-refractivity contribution < 1.29 is 9.90 Å². The van der Waals surface area contributed by atoms with Gasteiger partial charge in [0, 0.05) is 12.0 Å². The number of aromatic nitrogens is 4. The van der Waals surface area contributed by atoms with Gasteiger partial charge in [-0.2, -0.15) is 0 Å². The molecule has 0 fully saturated rings. The summed E-state index contributed by atoms with van der Waals surface area (Å²) in [6.07, 6.45) is 3.50. The van der Waals surface area contributed by atoms with Crippen molar-refractivity contribution in [3.05, 3.63) is 36.2 Å². The fourth-order valence-corrected chi connectivity index (χ4v) is 2.36. The number of aliphatic hydroxyl groups is 1. The second kappa shape index (κ2) is 7.82. The van der Waals surface area contributed by atoms with E-state index in [2.05, 4.69) is 20.8 Å². The molecule has 0 unspecified atom stereocenters. The van der Waals surface area contributed by atoms with Crippen LogP contribution in [0.2, 0.25) is 0 Å². The van der Waals surface area contributed by atoms with Gasteiger partial charge in [-0.3, -0.25) is 4.79 Å². The number of nitrogens with one attached hydrogen (secondary N) is 1. The Balaban J connectivity index is 1.90. The third-order valence-corrected chi connectivity index (χ3v) is 4.41. The van der Waals surface area contributed by atoms with Gasteiger partial charge in [0.25, 0.3) is 0 Å². The number of hydrogen-bond donors (Lipinski definition) is 2. The highest BCUT2D eigenvalue weighted by molar-refractivity contribution is 5.78. The van der Waals surface area contributed by atoms with Gasteiger partial charge >= 0.3 is 0 Å². The standard InChI is InChI=1S/C16H23N5O2/c1-3-16(4-2,11-22)10-17-15(23)9-13-5-7-14(8-6-13)21-12-18-19-20-21/h5-8,12,22H,3-4,9-11H2,1-2H3,(H,17,23). The molecule has 0 aliphatic rings. The first kappa shape index (κ1) is 17.1. The van der Waals surface area contributed by atoms with Gasteiger partial charge in [0.05, 0.1) is 18.7 Å². The summed E-state index contributed by atoms with van der Waals surface area (Å²) in [6.45, 7) is 4.64. The van der Waals surface area contributed by atoms with Crippen molar-refractivity contribution in [1.82, 2.24) is 25.5 Å². The second-order valence-corrected chi connectivity index (χ2v) is 5.74. The Morgan fingerprint density at radius 3 is 2.48 bits per heavy atom. The Morgan fingerprint density at radius 1 is 1.26 bits per heavy atom. The van der Waals surface area contributed by atoms with Crippen LogP contribution >= 0.6 is 0 Å². The lowest BCUT2D eigenvalue weighted by Crippen LogP contribution is -2.39. The van der Waals surface area contributed by atoms with E-state index in [-0.39, 0.29) is 17.9 Å². The normalized spacial score (nSPS) is 11.4. The molecule has 0 aliphatic carbocycles. The monoisotopic (exact) mass is 317 g/mol. The van der Waals surface area contributed by atoms with E-state index in [0.29, 0.717) is 13.0 Å². The van der Waals surface area contributed by atoms with Gasteiger partial charge < -0.3 is 10.4 Å². The zero-order chi connectivity index (χ0) is 16.7. The molecule has 7 heteroatoms. The van der Waals surface area contributed by atoms with Crippen molar-refractivity contribution in [1.29, 1.82) is 0 Å². The molecule has 2 N–H and O–H groups in total. The Labute approximate surface area is 135 Å². The number of hydrogen-bond acceptors (Lipinski definition) is 5. The Morgan fingerprint density at radius 2 is 1.96 bits per heavy atom. The molecule has 7 nitrogen and oxygen atoms in total. The zero-order valence-corrected chi connectivity index (χ0v) is 13.6. The number of tetrazole rings is 1. The summed E-state index contributed by atoms with van der Waals surface area (Å²) in [4.78, 5) is 12.1. The molecule has 0 bridgehead atoms. The van der Waals surface area contributed by atoms with Crippen molar-refractivity contribution in [2.45, 2.75) is 33.1 Å². The number of nitrogens with zero attached hydrogens (tertiary/aromatic N) is 4. The second-order valence-electron chi connectivity index (χ2n) is 5.74. The lowest BCUT2D eigenvalue weighted by Gasteiger charge is -2.29. The largest absolute Gasteiger partial charge is 0.396 e. The van der Waals surface area contributed by atoms with Crippen LogP contribution in [0.4, 0.5) is 0 Å². The minimum atomic E-state index is -0.223. The van der Waals surface area contributed by atoms with Crippen molar-refractivity contribution in [3.63, 3.8) is 0 Å². The van der Waals surface area contributed by atoms with E-state index in [4.69, 9.17) is 0 Å². The summed E-state index contributed by atoms with van der Waals surface area (Å²) in [5.41, 5.74) is 1.54. The topological polar surface area (TPSA) is 92.9 Å². The molecule has 0 atom stereocenters. The van der Waals surface area contributed by atoms with Crippen LogP contribution in [0.25, 0.3) is 5.69 Å². The molecule has 2 rings (SSSR count). The van der Waals surface area contributed by atoms with Crippen molar-refractivity contribution >= 4 is 5.91 Å². The van der Waals surface area contributed by atoms with Crippen LogP contribution in [0, 0.1) is 5.41 Å². The lowest BCUT2D eigenvalue weighted by molar-refractivity contribution is -0.121. The smallest absolute Gasteiger partial charge is 0.224 e. The SMILES string of the molecule is CCC(CC)(CO)CNC(=O)Cc1ccc(-n2cnnn2)cc1. The van der Waals surface area contributed by atoms with E-state index in [1.165, 1.54) is 6.33 Å². The predicted octanol–water partition coefficient (Wildman–Crippen LogP) is 1.12. The Bertz CT molecular complexity index is 598. The van der Waals surface area contributed by atoms with E-state index in [9.17, 15) is 9.90 Å². The quantitative estimate of drug-likeness (QED) is 0.761. The van der Waals surface area contributed by atoms with Crippen molar-refractivity contribution in [2.75, 3.05) is 13.2 Å². The summed E-state index contributed by atoms with van der Waals surface area (Å²) < 4.78 is 1.56. The van der Waals surface area contributed by atoms with Gasteiger partial charge in [0.2, 0.25) is 5.91 Å². The Kier molecular flexibility index (Phi) is 5.81. The van der Waals surface area contributed by atoms with Gasteiger partial charge in [-0.05, 0) is 41.0 Å². The zero-order valence-electron chi connectivity index (χ0n) is 13.6. The first-order valence-corrected chi connectivity index (χ1v) is 7.82. The van der Waals surface area contributed by atoms with E-state index in [1.54, 1.807) is 4.68 Å². The molecule has 1 aromatic heterocycles. The highest BCUT2D eigenvalue weighted by Crippen LogP contribution is 2.24. The van der Waals surface area contributed by atoms with Crippen LogP contribution in [0.3, 0.4) is 0 Å².